The van der Waals surface area contributed by atoms with Crippen LogP contribution >= 0.6 is 0 Å². The first-order chi connectivity index (χ1) is 19.8. The van der Waals surface area contributed by atoms with Gasteiger partial charge in [0.15, 0.2) is 0 Å². The summed E-state index contributed by atoms with van der Waals surface area (Å²) in [4.78, 5) is 29.7. The summed E-state index contributed by atoms with van der Waals surface area (Å²) in [5.74, 6) is 0.398. The molecule has 3 aromatic carbocycles. The summed E-state index contributed by atoms with van der Waals surface area (Å²) < 4.78 is 0. The third-order valence-corrected chi connectivity index (χ3v) is 7.89. The Morgan fingerprint density at radius 3 is 2.49 bits per heavy atom. The summed E-state index contributed by atoms with van der Waals surface area (Å²) in [6.45, 7) is 7.52. The van der Waals surface area contributed by atoms with E-state index in [4.69, 9.17) is 0 Å². The monoisotopic (exact) mass is 548 g/mol. The maximum Gasteiger partial charge on any atom is 0.318 e. The Morgan fingerprint density at radius 2 is 1.73 bits per heavy atom. The van der Waals surface area contributed by atoms with Crippen LogP contribution < -0.4 is 10.6 Å². The van der Waals surface area contributed by atoms with Crippen molar-refractivity contribution in [2.45, 2.75) is 58.2 Å². The average molecular weight is 549 g/mol. The number of aromatic nitrogens is 3. The molecule has 0 radical (unpaired) electrons. The summed E-state index contributed by atoms with van der Waals surface area (Å²) in [6, 6.07) is 22.6. The minimum atomic E-state index is -0.323. The number of carbonyl (C=O) groups excluding carboxylic acids is 2. The Morgan fingerprint density at radius 1 is 0.951 bits per heavy atom. The van der Waals surface area contributed by atoms with E-state index in [9.17, 15) is 9.59 Å². The number of nitrogens with one attached hydrogen (secondary N) is 2. The maximum atomic E-state index is 13.1. The first-order valence-electron chi connectivity index (χ1n) is 14.3. The van der Waals surface area contributed by atoms with Crippen molar-refractivity contribution < 1.29 is 9.59 Å². The zero-order valence-corrected chi connectivity index (χ0v) is 23.8. The van der Waals surface area contributed by atoms with Gasteiger partial charge in [-0.25, -0.2) is 4.79 Å². The van der Waals surface area contributed by atoms with Gasteiger partial charge in [-0.3, -0.25) is 4.79 Å². The summed E-state index contributed by atoms with van der Waals surface area (Å²) >= 11 is 0. The van der Waals surface area contributed by atoms with E-state index < -0.39 is 0 Å². The number of urea groups is 1. The Bertz CT molecular complexity index is 1560. The molecule has 210 valence electrons. The molecule has 2 N–H and O–H groups in total. The quantitative estimate of drug-likeness (QED) is 0.346. The molecule has 4 aromatic rings. The molecule has 8 heteroatoms. The van der Waals surface area contributed by atoms with E-state index >= 15 is 0 Å². The molecule has 0 bridgehead atoms. The Labute approximate surface area is 240 Å². The predicted octanol–water partition coefficient (Wildman–Crippen LogP) is 5.22. The standard InChI is InChI=1S/C33H36N6O2/c1-33(2,3)37-32(41)38-17-14-27-26(23-10-7-11-25(18-23)39-35-15-16-36-39)13-12-24(30(27)21-38)20-34-31(40)29-19-28(29)22-8-5-4-6-9-22/h4-13,15-16,18,28-29H,14,17,19-21H2,1-3H3,(H,34,40)(H,37,41)/t28-,29?/m1/s1. The molecule has 1 aliphatic carbocycles. The first kappa shape index (κ1) is 26.7. The normalized spacial score (nSPS) is 18.0. The van der Waals surface area contributed by atoms with E-state index in [0.717, 1.165) is 40.8 Å². The first-order valence-corrected chi connectivity index (χ1v) is 14.3. The number of benzene rings is 3. The molecule has 1 aromatic heterocycles. The molecule has 0 spiro atoms. The molecular formula is C33H36N6O2. The van der Waals surface area contributed by atoms with E-state index in [0.29, 0.717) is 25.6 Å². The lowest BCUT2D eigenvalue weighted by Crippen LogP contribution is -2.50. The fraction of sp³-hybridized carbons (Fsp3) is 0.333. The van der Waals surface area contributed by atoms with Crippen LogP contribution in [0.25, 0.3) is 16.8 Å². The zero-order valence-electron chi connectivity index (χ0n) is 23.8. The van der Waals surface area contributed by atoms with Gasteiger partial charge in [0.1, 0.15) is 0 Å². The summed E-state index contributed by atoms with van der Waals surface area (Å²) in [6.07, 6.45) is 4.94. The van der Waals surface area contributed by atoms with Crippen molar-refractivity contribution in [2.75, 3.05) is 6.54 Å². The van der Waals surface area contributed by atoms with E-state index in [2.05, 4.69) is 57.2 Å². The Hall–Kier alpha value is -4.46. The summed E-state index contributed by atoms with van der Waals surface area (Å²) in [7, 11) is 0. The van der Waals surface area contributed by atoms with Crippen molar-refractivity contribution >= 4 is 11.9 Å². The molecular weight excluding hydrogens is 512 g/mol. The van der Waals surface area contributed by atoms with Crippen LogP contribution in [-0.2, 0) is 24.3 Å². The van der Waals surface area contributed by atoms with Crippen LogP contribution in [0.4, 0.5) is 4.79 Å². The van der Waals surface area contributed by atoms with Crippen LogP contribution in [-0.4, -0.2) is 43.9 Å². The number of fused-ring (bicyclic) bond motifs is 1. The second-order valence-electron chi connectivity index (χ2n) is 12.0. The van der Waals surface area contributed by atoms with Crippen molar-refractivity contribution in [3.63, 3.8) is 0 Å². The van der Waals surface area contributed by atoms with Gasteiger partial charge in [-0.1, -0.05) is 54.6 Å². The molecule has 0 saturated heterocycles. The van der Waals surface area contributed by atoms with Crippen molar-refractivity contribution in [1.82, 2.24) is 30.5 Å². The molecule has 41 heavy (non-hydrogen) atoms. The molecule has 3 amide bonds. The highest BCUT2D eigenvalue weighted by molar-refractivity contribution is 5.83. The highest BCUT2D eigenvalue weighted by atomic mass is 16.2. The van der Waals surface area contributed by atoms with Crippen molar-refractivity contribution in [1.29, 1.82) is 0 Å². The lowest BCUT2D eigenvalue weighted by atomic mass is 9.87. The Balaban J connectivity index is 1.27. The van der Waals surface area contributed by atoms with Crippen LogP contribution in [0.3, 0.4) is 0 Å². The number of nitrogens with zero attached hydrogens (tertiary/aromatic N) is 4. The van der Waals surface area contributed by atoms with Gasteiger partial charge in [0.2, 0.25) is 5.91 Å². The molecule has 1 fully saturated rings. The van der Waals surface area contributed by atoms with Crippen molar-refractivity contribution in [3.8, 4) is 16.8 Å². The molecule has 2 aliphatic rings. The van der Waals surface area contributed by atoms with Crippen LogP contribution in [0, 0.1) is 5.92 Å². The smallest absolute Gasteiger partial charge is 0.318 e. The number of rotatable bonds is 6. The molecule has 8 nitrogen and oxygen atoms in total. The molecule has 1 unspecified atom stereocenters. The molecule has 1 saturated carbocycles. The molecule has 1 aliphatic heterocycles. The van der Waals surface area contributed by atoms with Crippen molar-refractivity contribution in [2.24, 2.45) is 5.92 Å². The second-order valence-corrected chi connectivity index (χ2v) is 12.0. The highest BCUT2D eigenvalue weighted by Gasteiger charge is 2.43. The van der Waals surface area contributed by atoms with Crippen LogP contribution in [0.1, 0.15) is 55.4 Å². The van der Waals surface area contributed by atoms with Gasteiger partial charge < -0.3 is 15.5 Å². The van der Waals surface area contributed by atoms with E-state index in [1.165, 1.54) is 11.1 Å². The average Bonchev–Trinajstić information content (AvgIpc) is 3.59. The SMILES string of the molecule is CC(C)(C)NC(=O)N1CCc2c(-c3cccc(-n4nccn4)c3)ccc(CNC(=O)C3C[C@@H]3c3ccccc3)c2C1. The minimum absolute atomic E-state index is 0.0141. The Kier molecular flexibility index (Phi) is 7.07. The summed E-state index contributed by atoms with van der Waals surface area (Å²) in [5, 5.41) is 14.9. The largest absolute Gasteiger partial charge is 0.352 e. The lowest BCUT2D eigenvalue weighted by molar-refractivity contribution is -0.122. The third kappa shape index (κ3) is 5.87. The third-order valence-electron chi connectivity index (χ3n) is 7.89. The second kappa shape index (κ2) is 10.8. The summed E-state index contributed by atoms with van der Waals surface area (Å²) in [5.41, 5.74) is 7.36. The van der Waals surface area contributed by atoms with Gasteiger partial charge in [-0.15, -0.1) is 0 Å². The predicted molar refractivity (Wildman–Crippen MR) is 158 cm³/mol. The van der Waals surface area contributed by atoms with Gasteiger partial charge in [0.05, 0.1) is 18.1 Å². The fourth-order valence-electron chi connectivity index (χ4n) is 5.76. The number of amides is 3. The van der Waals surface area contributed by atoms with Gasteiger partial charge in [-0.05, 0) is 85.0 Å². The van der Waals surface area contributed by atoms with E-state index in [1.807, 2.05) is 56.0 Å². The van der Waals surface area contributed by atoms with Crippen LogP contribution in [0.5, 0.6) is 0 Å². The molecule has 2 heterocycles. The lowest BCUT2D eigenvalue weighted by Gasteiger charge is -2.34. The van der Waals surface area contributed by atoms with Crippen LogP contribution in [0.2, 0.25) is 0 Å². The number of hydrogen-bond donors (Lipinski definition) is 2. The van der Waals surface area contributed by atoms with Gasteiger partial charge >= 0.3 is 6.03 Å². The maximum absolute atomic E-state index is 13.1. The number of hydrogen-bond acceptors (Lipinski definition) is 4. The molecule has 2 atom stereocenters. The van der Waals surface area contributed by atoms with Crippen molar-refractivity contribution in [3.05, 3.63) is 101 Å². The highest BCUT2D eigenvalue weighted by Crippen LogP contribution is 2.47. The van der Waals surface area contributed by atoms with Gasteiger partial charge in [0, 0.05) is 31.1 Å². The zero-order chi connectivity index (χ0) is 28.6. The van der Waals surface area contributed by atoms with E-state index in [1.54, 1.807) is 17.2 Å². The number of carbonyl (C=O) groups is 2. The fourth-order valence-corrected chi connectivity index (χ4v) is 5.76. The van der Waals surface area contributed by atoms with Gasteiger partial charge in [0.25, 0.3) is 0 Å². The van der Waals surface area contributed by atoms with Gasteiger partial charge in [-0.2, -0.15) is 15.0 Å². The molecule has 6 rings (SSSR count). The minimum Gasteiger partial charge on any atom is -0.352 e. The van der Waals surface area contributed by atoms with E-state index in [-0.39, 0.29) is 23.4 Å². The van der Waals surface area contributed by atoms with Crippen LogP contribution in [0.15, 0.2) is 79.1 Å². The topological polar surface area (TPSA) is 92.2 Å².